The highest BCUT2D eigenvalue weighted by Gasteiger charge is 2.34. The molecule has 1 fully saturated rings. The molecule has 1 N–H and O–H groups in total. The summed E-state index contributed by atoms with van der Waals surface area (Å²) in [5.74, 6) is 1.28. The summed E-state index contributed by atoms with van der Waals surface area (Å²) in [4.78, 5) is 16.0. The van der Waals surface area contributed by atoms with Crippen molar-refractivity contribution in [2.75, 3.05) is 23.3 Å². The van der Waals surface area contributed by atoms with Gasteiger partial charge < -0.3 is 14.7 Å². The molecule has 2 heterocycles. The van der Waals surface area contributed by atoms with Gasteiger partial charge in [0, 0.05) is 29.9 Å². The largest absolute Gasteiger partial charge is 0.369 e. The molecule has 1 aliphatic carbocycles. The SMILES string of the molecule is CC1CC(C)CN(c2cc(Nc3cccc(F)c3)c3c4c(onc24)-c2ccccc2C3=O)C1. The number of nitrogens with one attached hydrogen (secondary N) is 1. The number of rotatable bonds is 3. The Morgan fingerprint density at radius 1 is 1.03 bits per heavy atom. The molecule has 0 radical (unpaired) electrons. The summed E-state index contributed by atoms with van der Waals surface area (Å²) in [6.45, 7) is 6.34. The van der Waals surface area contributed by atoms with Crippen molar-refractivity contribution in [2.24, 2.45) is 11.8 Å². The third-order valence-electron chi connectivity index (χ3n) is 6.69. The van der Waals surface area contributed by atoms with Crippen LogP contribution >= 0.6 is 0 Å². The van der Waals surface area contributed by atoms with Crippen molar-refractivity contribution in [3.05, 3.63) is 71.5 Å². The van der Waals surface area contributed by atoms with Crippen LogP contribution in [-0.4, -0.2) is 24.0 Å². The van der Waals surface area contributed by atoms with E-state index in [0.29, 0.717) is 45.6 Å². The van der Waals surface area contributed by atoms with Gasteiger partial charge in [-0.05, 0) is 42.5 Å². The Morgan fingerprint density at radius 2 is 1.79 bits per heavy atom. The minimum Gasteiger partial charge on any atom is -0.369 e. The Hall–Kier alpha value is -3.67. The van der Waals surface area contributed by atoms with Gasteiger partial charge in [-0.3, -0.25) is 4.79 Å². The third kappa shape index (κ3) is 3.20. The highest BCUT2D eigenvalue weighted by Crippen LogP contribution is 2.47. The number of carbonyl (C=O) groups is 1. The van der Waals surface area contributed by atoms with E-state index in [4.69, 9.17) is 4.52 Å². The quantitative estimate of drug-likeness (QED) is 0.351. The number of ketones is 1. The topological polar surface area (TPSA) is 58.4 Å². The number of halogens is 1. The van der Waals surface area contributed by atoms with Gasteiger partial charge in [-0.2, -0.15) is 0 Å². The van der Waals surface area contributed by atoms with Gasteiger partial charge in [-0.15, -0.1) is 0 Å². The zero-order chi connectivity index (χ0) is 22.7. The maximum Gasteiger partial charge on any atom is 0.196 e. The predicted molar refractivity (Wildman–Crippen MR) is 128 cm³/mol. The van der Waals surface area contributed by atoms with Crippen LogP contribution in [0.3, 0.4) is 0 Å². The summed E-state index contributed by atoms with van der Waals surface area (Å²) in [6, 6.07) is 15.7. The molecule has 0 bridgehead atoms. The van der Waals surface area contributed by atoms with Gasteiger partial charge >= 0.3 is 0 Å². The van der Waals surface area contributed by atoms with Crippen LogP contribution in [0, 0.1) is 17.7 Å². The number of anilines is 3. The maximum absolute atomic E-state index is 13.9. The van der Waals surface area contributed by atoms with Crippen molar-refractivity contribution >= 4 is 33.7 Å². The number of piperidine rings is 1. The molecule has 6 heteroatoms. The molecule has 0 spiro atoms. The minimum absolute atomic E-state index is 0.0860. The van der Waals surface area contributed by atoms with E-state index in [1.807, 2.05) is 30.3 Å². The van der Waals surface area contributed by atoms with Crippen LogP contribution in [0.15, 0.2) is 59.1 Å². The molecule has 0 saturated carbocycles. The molecular formula is C27H24FN3O2. The van der Waals surface area contributed by atoms with Crippen LogP contribution in [-0.2, 0) is 0 Å². The molecule has 166 valence electrons. The lowest BCUT2D eigenvalue weighted by Crippen LogP contribution is -2.39. The van der Waals surface area contributed by atoms with E-state index >= 15 is 0 Å². The zero-order valence-corrected chi connectivity index (χ0v) is 18.6. The van der Waals surface area contributed by atoms with Gasteiger partial charge in [0.05, 0.1) is 22.3 Å². The summed E-state index contributed by atoms with van der Waals surface area (Å²) >= 11 is 0. The Morgan fingerprint density at radius 3 is 2.55 bits per heavy atom. The second-order valence-corrected chi connectivity index (χ2v) is 9.41. The van der Waals surface area contributed by atoms with Crippen LogP contribution in [0.2, 0.25) is 0 Å². The van der Waals surface area contributed by atoms with E-state index < -0.39 is 0 Å². The number of aromatic nitrogens is 1. The second-order valence-electron chi connectivity index (χ2n) is 9.41. The Bertz CT molecular complexity index is 1400. The van der Waals surface area contributed by atoms with E-state index in [9.17, 15) is 9.18 Å². The van der Waals surface area contributed by atoms with Crippen LogP contribution in [0.1, 0.15) is 36.2 Å². The van der Waals surface area contributed by atoms with Gasteiger partial charge in [0.25, 0.3) is 0 Å². The van der Waals surface area contributed by atoms with Crippen LogP contribution in [0.5, 0.6) is 0 Å². The Kier molecular flexibility index (Phi) is 4.50. The summed E-state index contributed by atoms with van der Waals surface area (Å²) in [5.41, 5.74) is 4.72. The fourth-order valence-electron chi connectivity index (χ4n) is 5.46. The van der Waals surface area contributed by atoms with Crippen molar-refractivity contribution < 1.29 is 13.7 Å². The molecule has 2 aliphatic rings. The first-order chi connectivity index (χ1) is 16.0. The lowest BCUT2D eigenvalue weighted by atomic mass is 9.85. The van der Waals surface area contributed by atoms with E-state index in [0.717, 1.165) is 29.7 Å². The summed E-state index contributed by atoms with van der Waals surface area (Å²) in [7, 11) is 0. The molecule has 5 nitrogen and oxygen atoms in total. The van der Waals surface area contributed by atoms with Gasteiger partial charge in [0.15, 0.2) is 11.5 Å². The van der Waals surface area contributed by atoms with Crippen LogP contribution < -0.4 is 10.2 Å². The lowest BCUT2D eigenvalue weighted by molar-refractivity contribution is 0.104. The molecule has 3 aromatic carbocycles. The molecule has 4 aromatic rings. The third-order valence-corrected chi connectivity index (χ3v) is 6.69. The number of nitrogens with zero attached hydrogens (tertiary/aromatic N) is 2. The van der Waals surface area contributed by atoms with Gasteiger partial charge in [-0.1, -0.05) is 49.3 Å². The number of hydrogen-bond acceptors (Lipinski definition) is 5. The van der Waals surface area contributed by atoms with E-state index in [1.54, 1.807) is 12.1 Å². The molecule has 2 atom stereocenters. The summed E-state index contributed by atoms with van der Waals surface area (Å²) in [6.07, 6.45) is 1.18. The average molecular weight is 442 g/mol. The average Bonchev–Trinajstić information content (AvgIpc) is 3.22. The van der Waals surface area contributed by atoms with Crippen LogP contribution in [0.25, 0.3) is 22.2 Å². The first-order valence-corrected chi connectivity index (χ1v) is 11.4. The van der Waals surface area contributed by atoms with Gasteiger partial charge in [-0.25, -0.2) is 4.39 Å². The standard InChI is InChI=1S/C27H24FN3O2/c1-15-10-16(2)14-31(13-15)22-12-21(29-18-7-5-6-17(28)11-18)23-24-25(22)30-33-27(24)20-9-4-3-8-19(20)26(23)32/h3-9,11-12,15-16,29H,10,13-14H2,1-2H3. The monoisotopic (exact) mass is 441 g/mol. The van der Waals surface area contributed by atoms with Crippen LogP contribution in [0.4, 0.5) is 21.5 Å². The number of benzene rings is 3. The van der Waals surface area contributed by atoms with E-state index in [1.165, 1.54) is 18.6 Å². The fraction of sp³-hybridized carbons (Fsp3) is 0.259. The minimum atomic E-state index is -0.337. The molecule has 1 aromatic heterocycles. The highest BCUT2D eigenvalue weighted by atomic mass is 19.1. The predicted octanol–water partition coefficient (Wildman–Crippen LogP) is 6.40. The van der Waals surface area contributed by atoms with Crippen molar-refractivity contribution in [3.63, 3.8) is 0 Å². The molecule has 0 amide bonds. The molecule has 33 heavy (non-hydrogen) atoms. The normalized spacial score (nSPS) is 19.6. The fourth-order valence-corrected chi connectivity index (χ4v) is 5.46. The summed E-state index contributed by atoms with van der Waals surface area (Å²) in [5, 5.41) is 8.49. The maximum atomic E-state index is 13.9. The van der Waals surface area contributed by atoms with Gasteiger partial charge in [0.2, 0.25) is 0 Å². The number of carbonyl (C=O) groups excluding carboxylic acids is 1. The Balaban J connectivity index is 1.61. The van der Waals surface area contributed by atoms with E-state index in [-0.39, 0.29) is 11.6 Å². The Labute approximate surface area is 191 Å². The second kappa shape index (κ2) is 7.44. The molecule has 1 aliphatic heterocycles. The van der Waals surface area contributed by atoms with Gasteiger partial charge in [0.1, 0.15) is 11.3 Å². The van der Waals surface area contributed by atoms with Crippen molar-refractivity contribution in [1.82, 2.24) is 5.16 Å². The molecular weight excluding hydrogens is 417 g/mol. The van der Waals surface area contributed by atoms with Crippen molar-refractivity contribution in [1.29, 1.82) is 0 Å². The first kappa shape index (κ1) is 20.0. The van der Waals surface area contributed by atoms with E-state index in [2.05, 4.69) is 29.2 Å². The highest BCUT2D eigenvalue weighted by molar-refractivity contribution is 6.28. The smallest absolute Gasteiger partial charge is 0.196 e. The molecule has 1 saturated heterocycles. The van der Waals surface area contributed by atoms with Crippen molar-refractivity contribution in [2.45, 2.75) is 20.3 Å². The first-order valence-electron chi connectivity index (χ1n) is 11.4. The number of fused-ring (bicyclic) bond motifs is 2. The lowest BCUT2D eigenvalue weighted by Gasteiger charge is -2.37. The number of hydrogen-bond donors (Lipinski definition) is 1. The molecule has 6 rings (SSSR count). The molecule has 2 unspecified atom stereocenters. The zero-order valence-electron chi connectivity index (χ0n) is 18.6. The summed E-state index contributed by atoms with van der Waals surface area (Å²) < 4.78 is 19.8. The van der Waals surface area contributed by atoms with Crippen molar-refractivity contribution in [3.8, 4) is 11.3 Å².